The molecule has 0 aromatic heterocycles. The van der Waals surface area contributed by atoms with Gasteiger partial charge in [-0.2, -0.15) is 0 Å². The second-order valence-corrected chi connectivity index (χ2v) is 3.35. The number of phenols is 1. The molecule has 0 saturated carbocycles. The molecule has 1 rings (SSSR count). The van der Waals surface area contributed by atoms with Gasteiger partial charge in [0.05, 0.1) is 26.5 Å². The van der Waals surface area contributed by atoms with E-state index >= 15 is 0 Å². The summed E-state index contributed by atoms with van der Waals surface area (Å²) in [6, 6.07) is 2.44. The van der Waals surface area contributed by atoms with E-state index in [1.54, 1.807) is 6.07 Å². The Kier molecular flexibility index (Phi) is 4.37. The van der Waals surface area contributed by atoms with E-state index in [1.165, 1.54) is 20.3 Å². The summed E-state index contributed by atoms with van der Waals surface area (Å²) in [4.78, 5) is 0. The first kappa shape index (κ1) is 12.6. The fraction of sp³-hybridized carbons (Fsp3) is 0.455. The minimum Gasteiger partial charge on any atom is -0.507 e. The van der Waals surface area contributed by atoms with E-state index in [1.807, 2.05) is 0 Å². The quantitative estimate of drug-likeness (QED) is 0.807. The summed E-state index contributed by atoms with van der Waals surface area (Å²) in [6.45, 7) is -0.546. The second-order valence-electron chi connectivity index (χ2n) is 3.35. The summed E-state index contributed by atoms with van der Waals surface area (Å²) in [6.07, 6.45) is 0.135. The van der Waals surface area contributed by atoms with Crippen LogP contribution in [0.4, 0.5) is 4.39 Å². The molecule has 0 saturated heterocycles. The number of nitrogens with two attached hydrogens (primary N) is 1. The number of hydrogen-bond acceptors (Lipinski definition) is 4. The number of alkyl halides is 1. The van der Waals surface area contributed by atoms with Gasteiger partial charge in [-0.15, -0.1) is 0 Å². The summed E-state index contributed by atoms with van der Waals surface area (Å²) in [5, 5.41) is 9.77. The first-order valence-corrected chi connectivity index (χ1v) is 4.90. The molecule has 0 bridgehead atoms. The summed E-state index contributed by atoms with van der Waals surface area (Å²) in [5.74, 6) is 0.820. The van der Waals surface area contributed by atoms with Crippen molar-refractivity contribution in [2.75, 3.05) is 20.9 Å². The first-order chi connectivity index (χ1) is 7.63. The zero-order valence-electron chi connectivity index (χ0n) is 9.37. The van der Waals surface area contributed by atoms with E-state index in [4.69, 9.17) is 15.2 Å². The highest BCUT2D eigenvalue weighted by Crippen LogP contribution is 2.37. The smallest absolute Gasteiger partial charge is 0.131 e. The molecule has 16 heavy (non-hydrogen) atoms. The number of phenolic OH excluding ortho intramolecular Hbond substituents is 1. The van der Waals surface area contributed by atoms with Crippen molar-refractivity contribution in [3.8, 4) is 17.2 Å². The number of hydrogen-bond donors (Lipinski definition) is 2. The third-order valence-corrected chi connectivity index (χ3v) is 2.34. The molecule has 0 radical (unpaired) electrons. The van der Waals surface area contributed by atoms with Crippen LogP contribution in [0.3, 0.4) is 0 Å². The van der Waals surface area contributed by atoms with Gasteiger partial charge in [-0.3, -0.25) is 4.39 Å². The molecular weight excluding hydrogens is 213 g/mol. The van der Waals surface area contributed by atoms with Crippen LogP contribution in [0.5, 0.6) is 17.2 Å². The minimum atomic E-state index is -0.592. The van der Waals surface area contributed by atoms with E-state index in [0.717, 1.165) is 0 Å². The number of halogens is 1. The molecule has 3 N–H and O–H groups in total. The zero-order chi connectivity index (χ0) is 12.1. The van der Waals surface area contributed by atoms with Crippen LogP contribution < -0.4 is 15.2 Å². The Bertz CT molecular complexity index is 357. The lowest BCUT2D eigenvalue weighted by molar-refractivity contribution is 0.368. The molecule has 0 heterocycles. The third kappa shape index (κ3) is 2.55. The van der Waals surface area contributed by atoms with Gasteiger partial charge in [0.1, 0.15) is 17.2 Å². The predicted octanol–water partition coefficient (Wildman–Crippen LogP) is 1.77. The maximum absolute atomic E-state index is 12.2. The van der Waals surface area contributed by atoms with E-state index in [-0.39, 0.29) is 12.2 Å². The number of rotatable bonds is 5. The van der Waals surface area contributed by atoms with Gasteiger partial charge in [-0.25, -0.2) is 0 Å². The monoisotopic (exact) mass is 229 g/mol. The Morgan fingerprint density at radius 3 is 2.56 bits per heavy atom. The highest BCUT2D eigenvalue weighted by Gasteiger charge is 2.18. The standard InChI is InChI=1S/C11H16FNO3/c1-15-7-5-9(14)11(8(13)3-4-12)10(6-7)16-2/h5-6,8,14H,3-4,13H2,1-2H3/t8-/m1/s1. The fourth-order valence-corrected chi connectivity index (χ4v) is 1.51. The molecule has 90 valence electrons. The third-order valence-electron chi connectivity index (χ3n) is 2.34. The van der Waals surface area contributed by atoms with Gasteiger partial charge in [-0.1, -0.05) is 0 Å². The van der Waals surface area contributed by atoms with Gasteiger partial charge in [0.15, 0.2) is 0 Å². The molecule has 1 atom stereocenters. The van der Waals surface area contributed by atoms with Crippen LogP contribution in [-0.4, -0.2) is 26.0 Å². The minimum absolute atomic E-state index is 0.0443. The van der Waals surface area contributed by atoms with Crippen molar-refractivity contribution in [2.45, 2.75) is 12.5 Å². The SMILES string of the molecule is COc1cc(O)c([C@H](N)CCF)c(OC)c1. The molecule has 5 heteroatoms. The van der Waals surface area contributed by atoms with E-state index in [0.29, 0.717) is 17.1 Å². The van der Waals surface area contributed by atoms with Gasteiger partial charge in [0, 0.05) is 18.2 Å². The summed E-state index contributed by atoms with van der Waals surface area (Å²) in [7, 11) is 2.94. The molecule has 1 aromatic rings. The first-order valence-electron chi connectivity index (χ1n) is 4.90. The van der Waals surface area contributed by atoms with Crippen molar-refractivity contribution < 1.29 is 19.0 Å². The highest BCUT2D eigenvalue weighted by atomic mass is 19.1. The van der Waals surface area contributed by atoms with Crippen LogP contribution in [0.15, 0.2) is 12.1 Å². The van der Waals surface area contributed by atoms with Crippen molar-refractivity contribution in [3.63, 3.8) is 0 Å². The zero-order valence-corrected chi connectivity index (χ0v) is 9.37. The lowest BCUT2D eigenvalue weighted by Gasteiger charge is -2.17. The Hall–Kier alpha value is -1.49. The molecule has 0 spiro atoms. The molecule has 0 unspecified atom stereocenters. The van der Waals surface area contributed by atoms with Crippen LogP contribution in [0.1, 0.15) is 18.0 Å². The molecule has 1 aromatic carbocycles. The van der Waals surface area contributed by atoms with Crippen LogP contribution in [-0.2, 0) is 0 Å². The van der Waals surface area contributed by atoms with E-state index in [2.05, 4.69) is 0 Å². The van der Waals surface area contributed by atoms with E-state index < -0.39 is 12.7 Å². The summed E-state index contributed by atoms with van der Waals surface area (Å²) in [5.41, 5.74) is 6.16. The molecular formula is C11H16FNO3. The lowest BCUT2D eigenvalue weighted by Crippen LogP contribution is -2.12. The Morgan fingerprint density at radius 1 is 1.38 bits per heavy atom. The predicted molar refractivity (Wildman–Crippen MR) is 58.7 cm³/mol. The topological polar surface area (TPSA) is 64.7 Å². The number of ether oxygens (including phenoxy) is 2. The fourth-order valence-electron chi connectivity index (χ4n) is 1.51. The molecule has 0 aliphatic heterocycles. The molecule has 0 aliphatic carbocycles. The number of methoxy groups -OCH3 is 2. The normalized spacial score (nSPS) is 12.2. The maximum atomic E-state index is 12.2. The Balaban J connectivity index is 3.15. The average Bonchev–Trinajstić information content (AvgIpc) is 2.27. The molecule has 0 amide bonds. The largest absolute Gasteiger partial charge is 0.507 e. The van der Waals surface area contributed by atoms with Crippen LogP contribution in [0.25, 0.3) is 0 Å². The maximum Gasteiger partial charge on any atom is 0.131 e. The number of aromatic hydroxyl groups is 1. The summed E-state index contributed by atoms with van der Waals surface area (Å²) >= 11 is 0. The Morgan fingerprint density at radius 2 is 2.06 bits per heavy atom. The van der Waals surface area contributed by atoms with Gasteiger partial charge in [-0.05, 0) is 6.42 Å². The van der Waals surface area contributed by atoms with Gasteiger partial charge < -0.3 is 20.3 Å². The highest BCUT2D eigenvalue weighted by molar-refractivity contribution is 5.51. The average molecular weight is 229 g/mol. The van der Waals surface area contributed by atoms with Crippen LogP contribution >= 0.6 is 0 Å². The van der Waals surface area contributed by atoms with Crippen LogP contribution in [0.2, 0.25) is 0 Å². The molecule has 0 fully saturated rings. The number of benzene rings is 1. The van der Waals surface area contributed by atoms with Gasteiger partial charge >= 0.3 is 0 Å². The van der Waals surface area contributed by atoms with E-state index in [9.17, 15) is 9.50 Å². The van der Waals surface area contributed by atoms with Crippen molar-refractivity contribution in [1.82, 2.24) is 0 Å². The summed E-state index contributed by atoms with van der Waals surface area (Å²) < 4.78 is 22.3. The van der Waals surface area contributed by atoms with Crippen LogP contribution in [0, 0.1) is 0 Å². The molecule has 0 aliphatic rings. The Labute approximate surface area is 93.8 Å². The lowest BCUT2D eigenvalue weighted by atomic mass is 10.0. The van der Waals surface area contributed by atoms with Gasteiger partial charge in [0.2, 0.25) is 0 Å². The van der Waals surface area contributed by atoms with Crippen molar-refractivity contribution in [3.05, 3.63) is 17.7 Å². The second kappa shape index (κ2) is 5.55. The molecule has 4 nitrogen and oxygen atoms in total. The van der Waals surface area contributed by atoms with Crippen molar-refractivity contribution in [2.24, 2.45) is 5.73 Å². The van der Waals surface area contributed by atoms with Gasteiger partial charge in [0.25, 0.3) is 0 Å². The van der Waals surface area contributed by atoms with Crippen molar-refractivity contribution >= 4 is 0 Å². The van der Waals surface area contributed by atoms with Crippen molar-refractivity contribution in [1.29, 1.82) is 0 Å².